The summed E-state index contributed by atoms with van der Waals surface area (Å²) in [6, 6.07) is 2.67. The van der Waals surface area contributed by atoms with Crippen molar-refractivity contribution in [2.45, 2.75) is 44.9 Å². The number of hydrogen-bond acceptors (Lipinski definition) is 4. The lowest BCUT2D eigenvalue weighted by molar-refractivity contribution is -0.0514. The standard InChI is InChI=1S/C11H21N3O/c1-3-10(4-5-12)14-6-7-15-11(8-14)9(2)13/h9-11H,3-4,6-8,13H2,1-2H3. The fourth-order valence-corrected chi connectivity index (χ4v) is 1.98. The van der Waals surface area contributed by atoms with Gasteiger partial charge in [-0.05, 0) is 13.3 Å². The highest BCUT2D eigenvalue weighted by molar-refractivity contribution is 4.86. The van der Waals surface area contributed by atoms with E-state index < -0.39 is 0 Å². The molecule has 0 aromatic rings. The van der Waals surface area contributed by atoms with Crippen LogP contribution in [-0.4, -0.2) is 42.8 Å². The zero-order valence-corrected chi connectivity index (χ0v) is 9.65. The van der Waals surface area contributed by atoms with Crippen molar-refractivity contribution in [3.8, 4) is 6.07 Å². The molecule has 4 heteroatoms. The van der Waals surface area contributed by atoms with Crippen LogP contribution < -0.4 is 5.73 Å². The minimum atomic E-state index is 0.0624. The first-order chi connectivity index (χ1) is 7.19. The predicted molar refractivity (Wildman–Crippen MR) is 59.3 cm³/mol. The minimum absolute atomic E-state index is 0.0624. The van der Waals surface area contributed by atoms with E-state index in [1.807, 2.05) is 6.92 Å². The van der Waals surface area contributed by atoms with Gasteiger partial charge in [-0.25, -0.2) is 0 Å². The molecule has 3 unspecified atom stereocenters. The predicted octanol–water partition coefficient (Wildman–Crippen LogP) is 0.727. The Balaban J connectivity index is 2.50. The van der Waals surface area contributed by atoms with E-state index >= 15 is 0 Å². The van der Waals surface area contributed by atoms with Gasteiger partial charge in [-0.2, -0.15) is 5.26 Å². The molecule has 0 saturated carbocycles. The van der Waals surface area contributed by atoms with Gasteiger partial charge in [0, 0.05) is 25.2 Å². The van der Waals surface area contributed by atoms with E-state index in [4.69, 9.17) is 15.7 Å². The molecule has 1 heterocycles. The van der Waals surface area contributed by atoms with Gasteiger partial charge in [0.1, 0.15) is 0 Å². The van der Waals surface area contributed by atoms with Gasteiger partial charge in [0.25, 0.3) is 0 Å². The molecule has 1 fully saturated rings. The molecule has 0 amide bonds. The second-order valence-corrected chi connectivity index (χ2v) is 4.19. The third-order valence-corrected chi connectivity index (χ3v) is 3.03. The highest BCUT2D eigenvalue weighted by Crippen LogP contribution is 2.15. The van der Waals surface area contributed by atoms with E-state index in [0.717, 1.165) is 26.1 Å². The van der Waals surface area contributed by atoms with Gasteiger partial charge in [-0.15, -0.1) is 0 Å². The van der Waals surface area contributed by atoms with Gasteiger partial charge in [0.2, 0.25) is 0 Å². The van der Waals surface area contributed by atoms with Crippen molar-refractivity contribution >= 4 is 0 Å². The summed E-state index contributed by atoms with van der Waals surface area (Å²) in [5.74, 6) is 0. The van der Waals surface area contributed by atoms with Crippen LogP contribution in [0, 0.1) is 11.3 Å². The number of rotatable bonds is 4. The normalized spacial score (nSPS) is 26.9. The van der Waals surface area contributed by atoms with Crippen LogP contribution in [0.25, 0.3) is 0 Å². The Hall–Kier alpha value is -0.630. The smallest absolute Gasteiger partial charge is 0.0850 e. The van der Waals surface area contributed by atoms with Crippen LogP contribution >= 0.6 is 0 Å². The second kappa shape index (κ2) is 6.06. The van der Waals surface area contributed by atoms with Crippen LogP contribution in [0.5, 0.6) is 0 Å². The molecule has 15 heavy (non-hydrogen) atoms. The first-order valence-electron chi connectivity index (χ1n) is 5.67. The summed E-state index contributed by atoms with van der Waals surface area (Å²) >= 11 is 0. The van der Waals surface area contributed by atoms with Gasteiger partial charge in [0.05, 0.1) is 25.2 Å². The average Bonchev–Trinajstić information content (AvgIpc) is 2.26. The van der Waals surface area contributed by atoms with Crippen LogP contribution in [0.1, 0.15) is 26.7 Å². The molecule has 0 aromatic heterocycles. The maximum atomic E-state index is 8.74. The fourth-order valence-electron chi connectivity index (χ4n) is 1.98. The summed E-state index contributed by atoms with van der Waals surface area (Å²) in [5, 5.41) is 8.74. The Morgan fingerprint density at radius 1 is 1.67 bits per heavy atom. The van der Waals surface area contributed by atoms with Crippen LogP contribution in [-0.2, 0) is 4.74 Å². The van der Waals surface area contributed by atoms with Gasteiger partial charge < -0.3 is 10.5 Å². The number of ether oxygens (including phenoxy) is 1. The highest BCUT2D eigenvalue weighted by atomic mass is 16.5. The molecule has 0 aromatic carbocycles. The van der Waals surface area contributed by atoms with E-state index in [2.05, 4.69) is 17.9 Å². The quantitative estimate of drug-likeness (QED) is 0.744. The molecule has 0 aliphatic carbocycles. The zero-order chi connectivity index (χ0) is 11.3. The number of hydrogen-bond donors (Lipinski definition) is 1. The summed E-state index contributed by atoms with van der Waals surface area (Å²) in [6.07, 6.45) is 1.73. The summed E-state index contributed by atoms with van der Waals surface area (Å²) in [7, 11) is 0. The van der Waals surface area contributed by atoms with Crippen LogP contribution in [0.15, 0.2) is 0 Å². The van der Waals surface area contributed by atoms with Gasteiger partial charge in [0.15, 0.2) is 0 Å². The molecule has 2 N–H and O–H groups in total. The highest BCUT2D eigenvalue weighted by Gasteiger charge is 2.27. The van der Waals surface area contributed by atoms with Crippen molar-refractivity contribution in [1.29, 1.82) is 5.26 Å². The first-order valence-corrected chi connectivity index (χ1v) is 5.67. The third kappa shape index (κ3) is 3.45. The molecule has 1 aliphatic rings. The maximum absolute atomic E-state index is 8.74. The molecule has 1 rings (SSSR count). The molecule has 0 spiro atoms. The summed E-state index contributed by atoms with van der Waals surface area (Å²) in [4.78, 5) is 2.33. The maximum Gasteiger partial charge on any atom is 0.0850 e. The molecule has 0 radical (unpaired) electrons. The van der Waals surface area contributed by atoms with Crippen LogP contribution in [0.2, 0.25) is 0 Å². The Morgan fingerprint density at radius 3 is 2.93 bits per heavy atom. The van der Waals surface area contributed by atoms with Crippen molar-refractivity contribution in [2.24, 2.45) is 5.73 Å². The molecule has 1 aliphatic heterocycles. The monoisotopic (exact) mass is 211 g/mol. The molecule has 1 saturated heterocycles. The molecule has 4 nitrogen and oxygen atoms in total. The SMILES string of the molecule is CCC(CC#N)N1CCOC(C(C)N)C1. The Labute approximate surface area is 92.0 Å². The molecular formula is C11H21N3O. The number of nitrogens with zero attached hydrogens (tertiary/aromatic N) is 2. The van der Waals surface area contributed by atoms with E-state index in [-0.39, 0.29) is 12.1 Å². The van der Waals surface area contributed by atoms with Crippen LogP contribution in [0.4, 0.5) is 0 Å². The van der Waals surface area contributed by atoms with Crippen molar-refractivity contribution in [1.82, 2.24) is 4.90 Å². The topological polar surface area (TPSA) is 62.3 Å². The first kappa shape index (κ1) is 12.4. The van der Waals surface area contributed by atoms with E-state index in [0.29, 0.717) is 12.5 Å². The fraction of sp³-hybridized carbons (Fsp3) is 0.909. The number of nitriles is 1. The van der Waals surface area contributed by atoms with Crippen molar-refractivity contribution in [2.75, 3.05) is 19.7 Å². The van der Waals surface area contributed by atoms with Gasteiger partial charge in [-0.3, -0.25) is 4.90 Å². The van der Waals surface area contributed by atoms with Crippen LogP contribution in [0.3, 0.4) is 0 Å². The summed E-state index contributed by atoms with van der Waals surface area (Å²) in [6.45, 7) is 6.60. The van der Waals surface area contributed by atoms with Crippen molar-refractivity contribution in [3.63, 3.8) is 0 Å². The lowest BCUT2D eigenvalue weighted by Gasteiger charge is -2.38. The average molecular weight is 211 g/mol. The third-order valence-electron chi connectivity index (χ3n) is 3.03. The molecule has 3 atom stereocenters. The molecule has 86 valence electrons. The Bertz CT molecular complexity index is 224. The van der Waals surface area contributed by atoms with Gasteiger partial charge >= 0.3 is 0 Å². The number of morpholine rings is 1. The number of nitrogens with two attached hydrogens (primary N) is 1. The largest absolute Gasteiger partial charge is 0.374 e. The lowest BCUT2D eigenvalue weighted by Crippen LogP contribution is -2.52. The summed E-state index contributed by atoms with van der Waals surface area (Å²) < 4.78 is 5.59. The van der Waals surface area contributed by atoms with E-state index in [1.165, 1.54) is 0 Å². The second-order valence-electron chi connectivity index (χ2n) is 4.19. The summed E-state index contributed by atoms with van der Waals surface area (Å²) in [5.41, 5.74) is 5.83. The molecular weight excluding hydrogens is 190 g/mol. The van der Waals surface area contributed by atoms with E-state index in [1.54, 1.807) is 0 Å². The van der Waals surface area contributed by atoms with Gasteiger partial charge in [-0.1, -0.05) is 6.92 Å². The zero-order valence-electron chi connectivity index (χ0n) is 9.65. The Kier molecular flexibility index (Phi) is 5.03. The Morgan fingerprint density at radius 2 is 2.40 bits per heavy atom. The lowest BCUT2D eigenvalue weighted by atomic mass is 10.1. The minimum Gasteiger partial charge on any atom is -0.374 e. The van der Waals surface area contributed by atoms with Crippen molar-refractivity contribution in [3.05, 3.63) is 0 Å². The van der Waals surface area contributed by atoms with E-state index in [9.17, 15) is 0 Å². The van der Waals surface area contributed by atoms with Crippen molar-refractivity contribution < 1.29 is 4.74 Å². The molecule has 0 bridgehead atoms.